The Kier molecular flexibility index (Phi) is 5.46. The fourth-order valence-electron chi connectivity index (χ4n) is 3.68. The van der Waals surface area contributed by atoms with Crippen LogP contribution in [0.2, 0.25) is 0 Å². The van der Waals surface area contributed by atoms with Gasteiger partial charge in [0.25, 0.3) is 5.89 Å². The zero-order chi connectivity index (χ0) is 22.1. The Morgan fingerprint density at radius 2 is 2.10 bits per heavy atom. The lowest BCUT2D eigenvalue weighted by Crippen LogP contribution is -2.07. The summed E-state index contributed by atoms with van der Waals surface area (Å²) in [6.45, 7) is 3.85. The summed E-state index contributed by atoms with van der Waals surface area (Å²) in [4.78, 5) is 15.3. The maximum absolute atomic E-state index is 14.6. The summed E-state index contributed by atoms with van der Waals surface area (Å²) in [7, 11) is 1.82. The van der Waals surface area contributed by atoms with Crippen molar-refractivity contribution < 1.29 is 18.4 Å². The molecule has 0 spiro atoms. The van der Waals surface area contributed by atoms with Crippen molar-refractivity contribution in [1.82, 2.24) is 14.7 Å². The highest BCUT2D eigenvalue weighted by Crippen LogP contribution is 2.34. The number of nitrogens with two attached hydrogens (primary N) is 1. The number of aromatic nitrogens is 3. The lowest BCUT2D eigenvalue weighted by molar-refractivity contribution is -0.107. The van der Waals surface area contributed by atoms with Gasteiger partial charge < -0.3 is 24.4 Å². The van der Waals surface area contributed by atoms with E-state index in [0.717, 1.165) is 11.8 Å². The van der Waals surface area contributed by atoms with Crippen LogP contribution in [0.5, 0.6) is 5.75 Å². The summed E-state index contributed by atoms with van der Waals surface area (Å²) in [6.07, 6.45) is 3.45. The van der Waals surface area contributed by atoms with Gasteiger partial charge in [-0.1, -0.05) is 5.16 Å². The predicted molar refractivity (Wildman–Crippen MR) is 116 cm³/mol. The second-order valence-corrected chi connectivity index (χ2v) is 7.63. The van der Waals surface area contributed by atoms with Crippen molar-refractivity contribution in [2.75, 3.05) is 5.73 Å². The Morgan fingerprint density at radius 1 is 1.29 bits per heavy atom. The molecule has 31 heavy (non-hydrogen) atoms. The lowest BCUT2D eigenvalue weighted by atomic mass is 10.0. The third-order valence-electron chi connectivity index (χ3n) is 4.97. The number of hydrogen-bond donors (Lipinski definition) is 1. The highest BCUT2D eigenvalue weighted by molar-refractivity contribution is 5.96. The van der Waals surface area contributed by atoms with E-state index in [1.807, 2.05) is 31.7 Å². The normalized spacial score (nSPS) is 11.4. The topological polar surface area (TPSA) is 96.2 Å². The molecule has 2 aromatic heterocycles. The third kappa shape index (κ3) is 3.88. The molecule has 2 aromatic carbocycles. The van der Waals surface area contributed by atoms with E-state index in [2.05, 4.69) is 10.1 Å². The van der Waals surface area contributed by atoms with Gasteiger partial charge in [-0.2, -0.15) is 4.98 Å². The van der Waals surface area contributed by atoms with Crippen LogP contribution in [-0.4, -0.2) is 27.1 Å². The Hall–Kier alpha value is -3.68. The number of nitrogen functional groups attached to an aromatic ring is 1. The summed E-state index contributed by atoms with van der Waals surface area (Å²) in [5.41, 5.74) is 9.27. The second kappa shape index (κ2) is 8.22. The van der Waals surface area contributed by atoms with E-state index in [9.17, 15) is 9.18 Å². The van der Waals surface area contributed by atoms with E-state index < -0.39 is 0 Å². The van der Waals surface area contributed by atoms with Gasteiger partial charge in [0, 0.05) is 36.2 Å². The van der Waals surface area contributed by atoms with Crippen LogP contribution in [0.1, 0.15) is 25.8 Å². The van der Waals surface area contributed by atoms with Gasteiger partial charge in [0.1, 0.15) is 17.9 Å². The molecule has 0 saturated carbocycles. The first kappa shape index (κ1) is 20.6. The van der Waals surface area contributed by atoms with Gasteiger partial charge in [-0.15, -0.1) is 0 Å². The molecule has 2 N–H and O–H groups in total. The van der Waals surface area contributed by atoms with Crippen LogP contribution in [0.15, 0.2) is 41.1 Å². The van der Waals surface area contributed by atoms with Crippen molar-refractivity contribution in [3.63, 3.8) is 0 Å². The molecule has 0 amide bonds. The van der Waals surface area contributed by atoms with Crippen LogP contribution in [0.4, 0.5) is 10.1 Å². The smallest absolute Gasteiger partial charge is 0.258 e. The van der Waals surface area contributed by atoms with Crippen molar-refractivity contribution in [3.8, 4) is 28.6 Å². The quantitative estimate of drug-likeness (QED) is 0.347. The number of aldehydes is 1. The number of hydrogen-bond acceptors (Lipinski definition) is 6. The van der Waals surface area contributed by atoms with Gasteiger partial charge in [0.15, 0.2) is 0 Å². The molecule has 0 saturated heterocycles. The second-order valence-electron chi connectivity index (χ2n) is 7.63. The summed E-state index contributed by atoms with van der Waals surface area (Å²) < 4.78 is 27.6. The Bertz CT molecular complexity index is 1260. The molecule has 7 nitrogen and oxygen atoms in total. The van der Waals surface area contributed by atoms with Crippen molar-refractivity contribution in [1.29, 1.82) is 0 Å². The zero-order valence-electron chi connectivity index (χ0n) is 17.6. The van der Waals surface area contributed by atoms with E-state index in [1.54, 1.807) is 24.3 Å². The molecule has 0 aliphatic rings. The van der Waals surface area contributed by atoms with Crippen molar-refractivity contribution in [2.24, 2.45) is 7.05 Å². The molecule has 0 bridgehead atoms. The summed E-state index contributed by atoms with van der Waals surface area (Å²) in [5, 5.41) is 4.57. The molecule has 0 unspecified atom stereocenters. The zero-order valence-corrected chi connectivity index (χ0v) is 17.6. The van der Waals surface area contributed by atoms with Gasteiger partial charge in [0.2, 0.25) is 5.82 Å². The fourth-order valence-corrected chi connectivity index (χ4v) is 3.68. The minimum absolute atomic E-state index is 0.00532. The van der Waals surface area contributed by atoms with Gasteiger partial charge in [-0.05, 0) is 56.2 Å². The first-order valence-corrected chi connectivity index (χ1v) is 9.99. The van der Waals surface area contributed by atoms with Crippen molar-refractivity contribution in [2.45, 2.75) is 32.8 Å². The predicted octanol–water partition coefficient (Wildman–Crippen LogP) is 4.54. The number of carbonyl (C=O) groups is 1. The van der Waals surface area contributed by atoms with E-state index in [4.69, 9.17) is 15.0 Å². The first-order valence-electron chi connectivity index (χ1n) is 9.99. The number of carbonyl (C=O) groups excluding carboxylic acids is 1. The minimum Gasteiger partial charge on any atom is -0.489 e. The number of benzene rings is 2. The van der Waals surface area contributed by atoms with Crippen LogP contribution in [-0.2, 0) is 18.3 Å². The number of ether oxygens (including phenoxy) is 1. The maximum atomic E-state index is 14.6. The monoisotopic (exact) mass is 422 g/mol. The van der Waals surface area contributed by atoms with E-state index >= 15 is 0 Å². The van der Waals surface area contributed by atoms with Crippen LogP contribution < -0.4 is 10.5 Å². The van der Waals surface area contributed by atoms with Crippen LogP contribution in [0, 0.1) is 5.82 Å². The number of aryl methyl sites for hydroxylation is 2. The maximum Gasteiger partial charge on any atom is 0.258 e. The standard InChI is InChI=1S/C23H23FN4O3/c1-13(2)30-19-9-6-14(11-18(19)25)23-26-22(27-31-23)16-7-8-17(24)20-15(5-4-10-29)12-28(3)21(16)20/h6-13H,4-5,25H2,1-3H3. The fraction of sp³-hybridized carbons (Fsp3) is 0.261. The van der Waals surface area contributed by atoms with Gasteiger partial charge in [-0.3, -0.25) is 0 Å². The van der Waals surface area contributed by atoms with Crippen LogP contribution in [0.25, 0.3) is 33.7 Å². The number of anilines is 1. The van der Waals surface area contributed by atoms with Crippen molar-refractivity contribution in [3.05, 3.63) is 47.9 Å². The number of nitrogens with zero attached hydrogens (tertiary/aromatic N) is 3. The summed E-state index contributed by atoms with van der Waals surface area (Å²) in [6, 6.07) is 8.29. The third-order valence-corrected chi connectivity index (χ3v) is 4.97. The molecule has 2 heterocycles. The lowest BCUT2D eigenvalue weighted by Gasteiger charge is -2.12. The van der Waals surface area contributed by atoms with E-state index in [0.29, 0.717) is 58.0 Å². The van der Waals surface area contributed by atoms with E-state index in [-0.39, 0.29) is 11.9 Å². The molecular weight excluding hydrogens is 399 g/mol. The molecule has 8 heteroatoms. The molecule has 0 radical (unpaired) electrons. The summed E-state index contributed by atoms with van der Waals surface area (Å²) >= 11 is 0. The SMILES string of the molecule is CC(C)Oc1ccc(-c2nc(-c3ccc(F)c4c(CCC=O)cn(C)c34)no2)cc1N. The van der Waals surface area contributed by atoms with Gasteiger partial charge >= 0.3 is 0 Å². The molecule has 160 valence electrons. The first-order chi connectivity index (χ1) is 14.9. The molecule has 0 fully saturated rings. The Morgan fingerprint density at radius 3 is 2.81 bits per heavy atom. The van der Waals surface area contributed by atoms with Crippen molar-refractivity contribution >= 4 is 22.9 Å². The highest BCUT2D eigenvalue weighted by atomic mass is 19.1. The minimum atomic E-state index is -0.350. The molecule has 0 aliphatic carbocycles. The number of rotatable bonds is 7. The summed E-state index contributed by atoms with van der Waals surface area (Å²) in [5.74, 6) is 0.873. The van der Waals surface area contributed by atoms with Crippen LogP contribution >= 0.6 is 0 Å². The molecule has 0 atom stereocenters. The van der Waals surface area contributed by atoms with Crippen LogP contribution in [0.3, 0.4) is 0 Å². The molecule has 4 rings (SSSR count). The highest BCUT2D eigenvalue weighted by Gasteiger charge is 2.20. The molecule has 0 aliphatic heterocycles. The Labute approximate surface area is 178 Å². The average Bonchev–Trinajstić information content (AvgIpc) is 3.34. The van der Waals surface area contributed by atoms with E-state index in [1.165, 1.54) is 6.07 Å². The largest absolute Gasteiger partial charge is 0.489 e. The molecule has 4 aromatic rings. The van der Waals surface area contributed by atoms with Gasteiger partial charge in [0.05, 0.1) is 17.3 Å². The van der Waals surface area contributed by atoms with Gasteiger partial charge in [-0.25, -0.2) is 4.39 Å². The molecular formula is C23H23FN4O3. The number of fused-ring (bicyclic) bond motifs is 1. The Balaban J connectivity index is 1.74. The average molecular weight is 422 g/mol. The number of halogens is 1.